The van der Waals surface area contributed by atoms with Crippen LogP contribution < -0.4 is 15.0 Å². The van der Waals surface area contributed by atoms with Gasteiger partial charge >= 0.3 is 0 Å². The number of rotatable bonds is 8. The summed E-state index contributed by atoms with van der Waals surface area (Å²) in [5.41, 5.74) is 2.57. The highest BCUT2D eigenvalue weighted by Gasteiger charge is 2.27. The van der Waals surface area contributed by atoms with Gasteiger partial charge < -0.3 is 9.47 Å². The Hall–Kier alpha value is -3.12. The van der Waals surface area contributed by atoms with Gasteiger partial charge in [-0.05, 0) is 61.9 Å². The van der Waals surface area contributed by atoms with Crippen LogP contribution in [0.4, 0.5) is 0 Å². The van der Waals surface area contributed by atoms with E-state index in [1.807, 2.05) is 43.3 Å². The smallest absolute Gasteiger partial charge is 0.258 e. The predicted molar refractivity (Wildman–Crippen MR) is 116 cm³/mol. The van der Waals surface area contributed by atoms with Gasteiger partial charge in [0.2, 0.25) is 0 Å². The summed E-state index contributed by atoms with van der Waals surface area (Å²) in [7, 11) is 0. The molecular weight excluding hydrogens is 378 g/mol. The minimum absolute atomic E-state index is 0.146. The van der Waals surface area contributed by atoms with E-state index in [1.54, 1.807) is 23.0 Å². The third-order valence-electron chi connectivity index (χ3n) is 5.13. The normalized spacial score (nSPS) is 14.3. The van der Waals surface area contributed by atoms with Gasteiger partial charge in [0.1, 0.15) is 24.2 Å². The quantitative estimate of drug-likeness (QED) is 0.573. The molecule has 4 rings (SSSR count). The highest BCUT2D eigenvalue weighted by atomic mass is 16.5. The molecule has 0 N–H and O–H groups in total. The molecule has 1 saturated heterocycles. The summed E-state index contributed by atoms with van der Waals surface area (Å²) in [6, 6.07) is 14.8. The lowest BCUT2D eigenvalue weighted by Crippen LogP contribution is -2.53. The molecule has 0 aliphatic carbocycles. The number of hydrogen-bond acceptors (Lipinski definition) is 5. The van der Waals surface area contributed by atoms with Gasteiger partial charge in [-0.3, -0.25) is 19.2 Å². The molecule has 156 valence electrons. The fourth-order valence-corrected chi connectivity index (χ4v) is 3.48. The van der Waals surface area contributed by atoms with E-state index in [4.69, 9.17) is 9.47 Å². The van der Waals surface area contributed by atoms with Gasteiger partial charge in [-0.2, -0.15) is 0 Å². The molecule has 0 unspecified atom stereocenters. The molecule has 2 aromatic heterocycles. The second kappa shape index (κ2) is 9.13. The van der Waals surface area contributed by atoms with E-state index in [0.717, 1.165) is 42.3 Å². The van der Waals surface area contributed by atoms with Gasteiger partial charge in [-0.25, -0.2) is 0 Å². The van der Waals surface area contributed by atoms with E-state index in [-0.39, 0.29) is 11.7 Å². The van der Waals surface area contributed by atoms with Crippen LogP contribution >= 0.6 is 0 Å². The summed E-state index contributed by atoms with van der Waals surface area (Å²) in [6.07, 6.45) is 4.95. The lowest BCUT2D eigenvalue weighted by molar-refractivity contribution is 0.0203. The third-order valence-corrected chi connectivity index (χ3v) is 5.13. The molecule has 30 heavy (non-hydrogen) atoms. The van der Waals surface area contributed by atoms with Gasteiger partial charge in [0.15, 0.2) is 0 Å². The molecule has 6 nitrogen and oxygen atoms in total. The second-order valence-corrected chi connectivity index (χ2v) is 7.68. The number of aromatic nitrogens is 2. The average molecular weight is 405 g/mol. The molecule has 0 radical (unpaired) electrons. The SMILES string of the molecule is CCCN1CC(Oc2ccc(-n3ccc(OCc4ccc(C)cn4)cc3=O)cc2)C1. The van der Waals surface area contributed by atoms with E-state index in [9.17, 15) is 4.79 Å². The Labute approximate surface area is 176 Å². The number of benzene rings is 1. The fourth-order valence-electron chi connectivity index (χ4n) is 3.48. The number of likely N-dealkylation sites (tertiary alicyclic amines) is 1. The topological polar surface area (TPSA) is 56.6 Å². The Kier molecular flexibility index (Phi) is 6.14. The maximum Gasteiger partial charge on any atom is 0.258 e. The van der Waals surface area contributed by atoms with Crippen LogP contribution in [0.15, 0.2) is 65.7 Å². The van der Waals surface area contributed by atoms with Crippen LogP contribution in [0, 0.1) is 6.92 Å². The summed E-state index contributed by atoms with van der Waals surface area (Å²) in [5, 5.41) is 0. The standard InChI is InChI=1S/C24H27N3O3/c1-3-11-26-15-23(16-26)30-21-8-6-20(7-9-21)27-12-10-22(13-24(27)28)29-17-19-5-4-18(2)14-25-19/h4-10,12-14,23H,3,11,15-17H2,1-2H3. The van der Waals surface area contributed by atoms with Gasteiger partial charge in [0, 0.05) is 37.2 Å². The van der Waals surface area contributed by atoms with Crippen LogP contribution in [0.3, 0.4) is 0 Å². The van der Waals surface area contributed by atoms with Crippen LogP contribution in [0.2, 0.25) is 0 Å². The first-order valence-electron chi connectivity index (χ1n) is 10.4. The summed E-state index contributed by atoms with van der Waals surface area (Å²) in [5.74, 6) is 1.36. The lowest BCUT2D eigenvalue weighted by Gasteiger charge is -2.38. The molecule has 1 aliphatic rings. The monoisotopic (exact) mass is 405 g/mol. The van der Waals surface area contributed by atoms with Crippen molar-refractivity contribution in [1.29, 1.82) is 0 Å². The van der Waals surface area contributed by atoms with Gasteiger partial charge in [-0.15, -0.1) is 0 Å². The van der Waals surface area contributed by atoms with Crippen molar-refractivity contribution in [2.24, 2.45) is 0 Å². The summed E-state index contributed by atoms with van der Waals surface area (Å²) < 4.78 is 13.3. The maximum atomic E-state index is 12.5. The maximum absolute atomic E-state index is 12.5. The van der Waals surface area contributed by atoms with E-state index < -0.39 is 0 Å². The molecule has 0 amide bonds. The van der Waals surface area contributed by atoms with Gasteiger partial charge in [-0.1, -0.05) is 13.0 Å². The molecule has 0 bridgehead atoms. The van der Waals surface area contributed by atoms with Crippen LogP contribution in [-0.2, 0) is 6.61 Å². The Morgan fingerprint density at radius 1 is 1.07 bits per heavy atom. The van der Waals surface area contributed by atoms with Crippen molar-refractivity contribution in [3.63, 3.8) is 0 Å². The Balaban J connectivity index is 1.35. The average Bonchev–Trinajstić information content (AvgIpc) is 2.73. The molecule has 1 fully saturated rings. The molecule has 6 heteroatoms. The minimum Gasteiger partial charge on any atom is -0.488 e. The molecule has 0 atom stereocenters. The molecular formula is C24H27N3O3. The summed E-state index contributed by atoms with van der Waals surface area (Å²) in [4.78, 5) is 19.2. The molecule has 3 heterocycles. The van der Waals surface area contributed by atoms with E-state index >= 15 is 0 Å². The number of ether oxygens (including phenoxy) is 2. The first-order valence-corrected chi connectivity index (χ1v) is 10.4. The first-order chi connectivity index (χ1) is 14.6. The van der Waals surface area contributed by atoms with Gasteiger partial charge in [0.05, 0.1) is 5.69 Å². The number of pyridine rings is 2. The number of hydrogen-bond donors (Lipinski definition) is 0. The summed E-state index contributed by atoms with van der Waals surface area (Å²) in [6.45, 7) is 7.60. The minimum atomic E-state index is -0.146. The second-order valence-electron chi connectivity index (χ2n) is 7.68. The number of aryl methyl sites for hydroxylation is 1. The first kappa shape index (κ1) is 20.2. The van der Waals surface area contributed by atoms with Crippen molar-refractivity contribution < 1.29 is 9.47 Å². The van der Waals surface area contributed by atoms with Gasteiger partial charge in [0.25, 0.3) is 5.56 Å². The highest BCUT2D eigenvalue weighted by Crippen LogP contribution is 2.20. The molecule has 0 spiro atoms. The zero-order valence-electron chi connectivity index (χ0n) is 17.5. The third kappa shape index (κ3) is 4.89. The zero-order valence-corrected chi connectivity index (χ0v) is 17.5. The van der Waals surface area contributed by atoms with Crippen LogP contribution in [-0.4, -0.2) is 40.2 Å². The summed E-state index contributed by atoms with van der Waals surface area (Å²) >= 11 is 0. The zero-order chi connectivity index (χ0) is 20.9. The van der Waals surface area contributed by atoms with Crippen LogP contribution in [0.1, 0.15) is 24.6 Å². The van der Waals surface area contributed by atoms with Crippen molar-refractivity contribution in [2.45, 2.75) is 33.0 Å². The largest absolute Gasteiger partial charge is 0.488 e. The van der Waals surface area contributed by atoms with Crippen molar-refractivity contribution >= 4 is 0 Å². The van der Waals surface area contributed by atoms with E-state index in [2.05, 4.69) is 16.8 Å². The Bertz CT molecular complexity index is 1020. The van der Waals surface area contributed by atoms with Crippen molar-refractivity contribution in [2.75, 3.05) is 19.6 Å². The molecule has 1 aliphatic heterocycles. The fraction of sp³-hybridized carbons (Fsp3) is 0.333. The van der Waals surface area contributed by atoms with Crippen molar-refractivity contribution in [1.82, 2.24) is 14.5 Å². The lowest BCUT2D eigenvalue weighted by atomic mass is 10.1. The Morgan fingerprint density at radius 3 is 2.53 bits per heavy atom. The molecule has 0 saturated carbocycles. The Morgan fingerprint density at radius 2 is 1.87 bits per heavy atom. The van der Waals surface area contributed by atoms with E-state index in [0.29, 0.717) is 12.4 Å². The number of nitrogens with zero attached hydrogens (tertiary/aromatic N) is 3. The van der Waals surface area contributed by atoms with Crippen LogP contribution in [0.5, 0.6) is 11.5 Å². The van der Waals surface area contributed by atoms with E-state index in [1.165, 1.54) is 12.5 Å². The van der Waals surface area contributed by atoms with Crippen molar-refractivity contribution in [3.8, 4) is 17.2 Å². The van der Waals surface area contributed by atoms with Crippen LogP contribution in [0.25, 0.3) is 5.69 Å². The predicted octanol–water partition coefficient (Wildman–Crippen LogP) is 3.59. The molecule has 3 aromatic rings. The highest BCUT2D eigenvalue weighted by molar-refractivity contribution is 5.38. The molecule has 1 aromatic carbocycles. The van der Waals surface area contributed by atoms with Crippen molar-refractivity contribution in [3.05, 3.63) is 82.5 Å².